The van der Waals surface area contributed by atoms with Gasteiger partial charge in [-0.3, -0.25) is 4.79 Å². The first-order valence-corrected chi connectivity index (χ1v) is 8.50. The van der Waals surface area contributed by atoms with E-state index in [2.05, 4.69) is 17.6 Å². The third-order valence-corrected chi connectivity index (χ3v) is 4.61. The van der Waals surface area contributed by atoms with Crippen LogP contribution in [0.2, 0.25) is 0 Å². The van der Waals surface area contributed by atoms with Crippen LogP contribution in [0.1, 0.15) is 58.3 Å². The van der Waals surface area contributed by atoms with Crippen molar-refractivity contribution in [2.45, 2.75) is 70.4 Å². The lowest BCUT2D eigenvalue weighted by molar-refractivity contribution is -0.131. The van der Waals surface area contributed by atoms with Gasteiger partial charge in [-0.15, -0.1) is 0 Å². The van der Waals surface area contributed by atoms with Gasteiger partial charge in [0.1, 0.15) is 0 Å². The Kier molecular flexibility index (Phi) is 6.80. The predicted octanol–water partition coefficient (Wildman–Crippen LogP) is 1.90. The van der Waals surface area contributed by atoms with Crippen LogP contribution >= 0.6 is 0 Å². The zero-order valence-electron chi connectivity index (χ0n) is 13.0. The summed E-state index contributed by atoms with van der Waals surface area (Å²) in [6, 6.07) is 1.05. The van der Waals surface area contributed by atoms with Gasteiger partial charge in [-0.05, 0) is 52.0 Å². The van der Waals surface area contributed by atoms with Crippen LogP contribution in [0.15, 0.2) is 0 Å². The second-order valence-electron chi connectivity index (χ2n) is 6.46. The number of hydrogen-bond acceptors (Lipinski definition) is 3. The molecule has 2 aliphatic heterocycles. The van der Waals surface area contributed by atoms with Crippen molar-refractivity contribution in [3.63, 3.8) is 0 Å². The number of amides is 1. The zero-order valence-corrected chi connectivity index (χ0v) is 13.0. The molecule has 0 aromatic carbocycles. The van der Waals surface area contributed by atoms with Crippen LogP contribution in [0, 0.1) is 0 Å². The molecular weight excluding hydrogens is 250 g/mol. The van der Waals surface area contributed by atoms with E-state index in [1.807, 2.05) is 4.90 Å². The minimum atomic E-state index is 0.283. The summed E-state index contributed by atoms with van der Waals surface area (Å²) in [4.78, 5) is 14.1. The van der Waals surface area contributed by atoms with E-state index in [9.17, 15) is 4.79 Å². The maximum Gasteiger partial charge on any atom is 0.236 e. The van der Waals surface area contributed by atoms with Crippen molar-refractivity contribution < 1.29 is 4.79 Å². The van der Waals surface area contributed by atoms with E-state index in [4.69, 9.17) is 0 Å². The highest BCUT2D eigenvalue weighted by Gasteiger charge is 2.18. The van der Waals surface area contributed by atoms with E-state index in [0.29, 0.717) is 18.6 Å². The van der Waals surface area contributed by atoms with Gasteiger partial charge in [0.2, 0.25) is 5.91 Å². The molecule has 116 valence electrons. The summed E-state index contributed by atoms with van der Waals surface area (Å²) in [5.41, 5.74) is 0. The molecule has 0 radical (unpaired) electrons. The highest BCUT2D eigenvalue weighted by molar-refractivity contribution is 5.78. The number of rotatable bonds is 5. The van der Waals surface area contributed by atoms with Gasteiger partial charge in [-0.2, -0.15) is 0 Å². The van der Waals surface area contributed by atoms with Crippen LogP contribution in [0.5, 0.6) is 0 Å². The first kappa shape index (κ1) is 15.8. The Balaban J connectivity index is 1.63. The SMILES string of the molecule is CC(CC1CCCCCN1)NCC(=O)N1CCCCC1. The fraction of sp³-hybridized carbons (Fsp3) is 0.938. The molecule has 2 fully saturated rings. The van der Waals surface area contributed by atoms with Gasteiger partial charge >= 0.3 is 0 Å². The standard InChI is InChI=1S/C16H31N3O/c1-14(12-15-8-4-2-5-9-17-15)18-13-16(20)19-10-6-3-7-11-19/h14-15,17-18H,2-13H2,1H3. The van der Waals surface area contributed by atoms with Gasteiger partial charge in [0.25, 0.3) is 0 Å². The molecule has 0 bridgehead atoms. The Hall–Kier alpha value is -0.610. The van der Waals surface area contributed by atoms with Gasteiger partial charge in [0.15, 0.2) is 0 Å². The highest BCUT2D eigenvalue weighted by atomic mass is 16.2. The smallest absolute Gasteiger partial charge is 0.236 e. The van der Waals surface area contributed by atoms with Crippen LogP contribution in [0.4, 0.5) is 0 Å². The van der Waals surface area contributed by atoms with Crippen LogP contribution in [0.25, 0.3) is 0 Å². The zero-order chi connectivity index (χ0) is 14.2. The lowest BCUT2D eigenvalue weighted by atomic mass is 10.0. The summed E-state index contributed by atoms with van der Waals surface area (Å²) in [5.74, 6) is 0.283. The van der Waals surface area contributed by atoms with E-state index in [1.165, 1.54) is 44.9 Å². The molecule has 2 rings (SSSR count). The topological polar surface area (TPSA) is 44.4 Å². The van der Waals surface area contributed by atoms with E-state index < -0.39 is 0 Å². The maximum atomic E-state index is 12.1. The molecule has 0 aliphatic carbocycles. The molecule has 2 unspecified atom stereocenters. The second-order valence-corrected chi connectivity index (χ2v) is 6.46. The highest BCUT2D eigenvalue weighted by Crippen LogP contribution is 2.13. The van der Waals surface area contributed by atoms with Crippen molar-refractivity contribution >= 4 is 5.91 Å². The molecule has 0 spiro atoms. The van der Waals surface area contributed by atoms with Gasteiger partial charge in [0.05, 0.1) is 6.54 Å². The second kappa shape index (κ2) is 8.63. The molecule has 2 saturated heterocycles. The maximum absolute atomic E-state index is 12.1. The number of likely N-dealkylation sites (tertiary alicyclic amines) is 1. The summed E-state index contributed by atoms with van der Waals surface area (Å²) in [6.45, 7) is 5.78. The molecule has 1 amide bonds. The Labute approximate surface area is 123 Å². The molecule has 0 aromatic heterocycles. The summed E-state index contributed by atoms with van der Waals surface area (Å²) < 4.78 is 0. The molecule has 4 heteroatoms. The summed E-state index contributed by atoms with van der Waals surface area (Å²) in [5, 5.41) is 7.04. The summed E-state index contributed by atoms with van der Waals surface area (Å²) in [7, 11) is 0. The monoisotopic (exact) mass is 281 g/mol. The van der Waals surface area contributed by atoms with E-state index >= 15 is 0 Å². The summed E-state index contributed by atoms with van der Waals surface area (Å²) in [6.07, 6.45) is 10.1. The summed E-state index contributed by atoms with van der Waals surface area (Å²) >= 11 is 0. The van der Waals surface area contributed by atoms with Crippen LogP contribution in [-0.2, 0) is 4.79 Å². The van der Waals surface area contributed by atoms with E-state index in [1.54, 1.807) is 0 Å². The van der Waals surface area contributed by atoms with E-state index in [-0.39, 0.29) is 5.91 Å². The molecule has 2 atom stereocenters. The quantitative estimate of drug-likeness (QED) is 0.809. The Morgan fingerprint density at radius 2 is 1.95 bits per heavy atom. The first-order valence-electron chi connectivity index (χ1n) is 8.50. The van der Waals surface area contributed by atoms with Crippen LogP contribution in [-0.4, -0.2) is 49.1 Å². The molecule has 0 aromatic rings. The van der Waals surface area contributed by atoms with Gasteiger partial charge in [-0.25, -0.2) is 0 Å². The van der Waals surface area contributed by atoms with Gasteiger partial charge in [-0.1, -0.05) is 12.8 Å². The van der Waals surface area contributed by atoms with Crippen molar-refractivity contribution in [1.29, 1.82) is 0 Å². The molecule has 2 heterocycles. The molecule has 2 N–H and O–H groups in total. The van der Waals surface area contributed by atoms with Gasteiger partial charge in [0, 0.05) is 25.2 Å². The molecule has 4 nitrogen and oxygen atoms in total. The Morgan fingerprint density at radius 1 is 1.20 bits per heavy atom. The van der Waals surface area contributed by atoms with Crippen molar-refractivity contribution in [2.75, 3.05) is 26.2 Å². The molecular formula is C16H31N3O. The number of hydrogen-bond donors (Lipinski definition) is 2. The number of nitrogens with one attached hydrogen (secondary N) is 2. The average molecular weight is 281 g/mol. The van der Waals surface area contributed by atoms with Crippen LogP contribution in [0.3, 0.4) is 0 Å². The number of nitrogens with zero attached hydrogens (tertiary/aromatic N) is 1. The first-order chi connectivity index (χ1) is 9.75. The average Bonchev–Trinajstić information content (AvgIpc) is 2.74. The predicted molar refractivity (Wildman–Crippen MR) is 82.8 cm³/mol. The van der Waals surface area contributed by atoms with Crippen LogP contribution < -0.4 is 10.6 Å². The van der Waals surface area contributed by atoms with Crippen molar-refractivity contribution in [2.24, 2.45) is 0 Å². The van der Waals surface area contributed by atoms with Crippen molar-refractivity contribution in [1.82, 2.24) is 15.5 Å². The fourth-order valence-electron chi connectivity index (χ4n) is 3.33. The minimum absolute atomic E-state index is 0.283. The number of carbonyl (C=O) groups is 1. The normalized spacial score (nSPS) is 26.1. The Morgan fingerprint density at radius 3 is 2.75 bits per heavy atom. The lowest BCUT2D eigenvalue weighted by Gasteiger charge is -2.28. The third-order valence-electron chi connectivity index (χ3n) is 4.61. The fourth-order valence-corrected chi connectivity index (χ4v) is 3.33. The minimum Gasteiger partial charge on any atom is -0.342 e. The van der Waals surface area contributed by atoms with Crippen molar-refractivity contribution in [3.05, 3.63) is 0 Å². The third kappa shape index (κ3) is 5.41. The van der Waals surface area contributed by atoms with Crippen molar-refractivity contribution in [3.8, 4) is 0 Å². The molecule has 20 heavy (non-hydrogen) atoms. The van der Waals surface area contributed by atoms with E-state index in [0.717, 1.165) is 26.1 Å². The molecule has 2 aliphatic rings. The molecule has 0 saturated carbocycles. The largest absolute Gasteiger partial charge is 0.342 e. The lowest BCUT2D eigenvalue weighted by Crippen LogP contribution is -2.44. The Bertz CT molecular complexity index is 281. The number of carbonyl (C=O) groups excluding carboxylic acids is 1. The van der Waals surface area contributed by atoms with Gasteiger partial charge < -0.3 is 15.5 Å². The number of piperidine rings is 1.